The SMILES string of the molecule is O=C(O)c1ccccc1OCC1Cc2ccccc2O1. The van der Waals surface area contributed by atoms with E-state index in [1.54, 1.807) is 18.2 Å². The number of carboxylic acid groups (broad SMARTS) is 1. The summed E-state index contributed by atoms with van der Waals surface area (Å²) in [6.45, 7) is 0.332. The van der Waals surface area contributed by atoms with Gasteiger partial charge in [0.15, 0.2) is 0 Å². The molecule has 1 unspecified atom stereocenters. The minimum atomic E-state index is -0.990. The van der Waals surface area contributed by atoms with Crippen molar-refractivity contribution in [3.63, 3.8) is 0 Å². The van der Waals surface area contributed by atoms with Crippen LogP contribution >= 0.6 is 0 Å². The van der Waals surface area contributed by atoms with Gasteiger partial charge in [0.1, 0.15) is 29.8 Å². The largest absolute Gasteiger partial charge is 0.489 e. The molecule has 2 aromatic carbocycles. The maximum absolute atomic E-state index is 11.1. The fourth-order valence-corrected chi connectivity index (χ4v) is 2.30. The topological polar surface area (TPSA) is 55.8 Å². The van der Waals surface area contributed by atoms with Gasteiger partial charge in [0.05, 0.1) is 0 Å². The van der Waals surface area contributed by atoms with Crippen LogP contribution in [0.2, 0.25) is 0 Å². The zero-order valence-corrected chi connectivity index (χ0v) is 10.8. The molecule has 102 valence electrons. The normalized spacial score (nSPS) is 16.3. The maximum atomic E-state index is 11.1. The van der Waals surface area contributed by atoms with Crippen LogP contribution in [-0.2, 0) is 6.42 Å². The van der Waals surface area contributed by atoms with Crippen LogP contribution in [-0.4, -0.2) is 23.8 Å². The van der Waals surface area contributed by atoms with Crippen LogP contribution in [0.25, 0.3) is 0 Å². The van der Waals surface area contributed by atoms with Gasteiger partial charge < -0.3 is 14.6 Å². The number of aromatic carboxylic acids is 1. The van der Waals surface area contributed by atoms with E-state index in [0.29, 0.717) is 12.4 Å². The van der Waals surface area contributed by atoms with E-state index in [1.165, 1.54) is 6.07 Å². The van der Waals surface area contributed by atoms with Crippen molar-refractivity contribution < 1.29 is 19.4 Å². The van der Waals surface area contributed by atoms with E-state index in [4.69, 9.17) is 14.6 Å². The van der Waals surface area contributed by atoms with Gasteiger partial charge in [-0.1, -0.05) is 30.3 Å². The first-order valence-corrected chi connectivity index (χ1v) is 6.44. The van der Waals surface area contributed by atoms with Gasteiger partial charge >= 0.3 is 5.97 Å². The highest BCUT2D eigenvalue weighted by atomic mass is 16.5. The molecule has 20 heavy (non-hydrogen) atoms. The van der Waals surface area contributed by atoms with Crippen LogP contribution < -0.4 is 9.47 Å². The van der Waals surface area contributed by atoms with Gasteiger partial charge in [-0.2, -0.15) is 0 Å². The van der Waals surface area contributed by atoms with Crippen LogP contribution in [0.15, 0.2) is 48.5 Å². The Balaban J connectivity index is 1.66. The first-order valence-electron chi connectivity index (χ1n) is 6.44. The summed E-state index contributed by atoms with van der Waals surface area (Å²) in [6, 6.07) is 14.5. The summed E-state index contributed by atoms with van der Waals surface area (Å²) in [5.41, 5.74) is 1.33. The maximum Gasteiger partial charge on any atom is 0.339 e. The average molecular weight is 270 g/mol. The third kappa shape index (κ3) is 2.45. The lowest BCUT2D eigenvalue weighted by atomic mass is 10.1. The van der Waals surface area contributed by atoms with Gasteiger partial charge in [-0.3, -0.25) is 0 Å². The third-order valence-electron chi connectivity index (χ3n) is 3.26. The number of para-hydroxylation sites is 2. The summed E-state index contributed by atoms with van der Waals surface area (Å²) in [7, 11) is 0. The second-order valence-corrected chi connectivity index (χ2v) is 4.66. The third-order valence-corrected chi connectivity index (χ3v) is 3.26. The molecule has 0 bridgehead atoms. The molecule has 0 amide bonds. The van der Waals surface area contributed by atoms with Crippen LogP contribution in [0.5, 0.6) is 11.5 Å². The van der Waals surface area contributed by atoms with Crippen LogP contribution in [0, 0.1) is 0 Å². The molecule has 0 aliphatic carbocycles. The molecular weight excluding hydrogens is 256 g/mol. The van der Waals surface area contributed by atoms with E-state index < -0.39 is 5.97 Å². The molecule has 0 fully saturated rings. The highest BCUT2D eigenvalue weighted by Gasteiger charge is 2.23. The summed E-state index contributed by atoms with van der Waals surface area (Å²) < 4.78 is 11.4. The Labute approximate surface area is 116 Å². The highest BCUT2D eigenvalue weighted by molar-refractivity contribution is 5.90. The van der Waals surface area contributed by atoms with Crippen molar-refractivity contribution >= 4 is 5.97 Å². The number of fused-ring (bicyclic) bond motifs is 1. The number of carbonyl (C=O) groups is 1. The second kappa shape index (κ2) is 5.25. The Morgan fingerprint density at radius 1 is 1.20 bits per heavy atom. The number of hydrogen-bond acceptors (Lipinski definition) is 3. The molecule has 1 N–H and O–H groups in total. The Morgan fingerprint density at radius 2 is 1.95 bits per heavy atom. The molecule has 4 nitrogen and oxygen atoms in total. The molecule has 2 aromatic rings. The number of carboxylic acids is 1. The molecule has 0 saturated carbocycles. The van der Waals surface area contributed by atoms with Crippen molar-refractivity contribution in [3.05, 3.63) is 59.7 Å². The average Bonchev–Trinajstić information content (AvgIpc) is 2.88. The van der Waals surface area contributed by atoms with E-state index in [1.807, 2.05) is 24.3 Å². The van der Waals surface area contributed by atoms with Gasteiger partial charge in [0, 0.05) is 6.42 Å². The van der Waals surface area contributed by atoms with Crippen LogP contribution in [0.3, 0.4) is 0 Å². The van der Waals surface area contributed by atoms with Crippen molar-refractivity contribution in [3.8, 4) is 11.5 Å². The fraction of sp³-hybridized carbons (Fsp3) is 0.188. The first-order chi connectivity index (χ1) is 9.74. The quantitative estimate of drug-likeness (QED) is 0.928. The second-order valence-electron chi connectivity index (χ2n) is 4.66. The molecule has 0 saturated heterocycles. The monoisotopic (exact) mass is 270 g/mol. The Bertz CT molecular complexity index is 611. The molecule has 0 spiro atoms. The smallest absolute Gasteiger partial charge is 0.339 e. The van der Waals surface area contributed by atoms with E-state index in [-0.39, 0.29) is 11.7 Å². The van der Waals surface area contributed by atoms with Gasteiger partial charge in [-0.15, -0.1) is 0 Å². The number of benzene rings is 2. The number of hydrogen-bond donors (Lipinski definition) is 1. The lowest BCUT2D eigenvalue weighted by Crippen LogP contribution is -2.23. The highest BCUT2D eigenvalue weighted by Crippen LogP contribution is 2.28. The van der Waals surface area contributed by atoms with Crippen LogP contribution in [0.4, 0.5) is 0 Å². The standard InChI is InChI=1S/C16H14O4/c17-16(18)13-6-2-4-8-15(13)19-10-12-9-11-5-1-3-7-14(11)20-12/h1-8,12H,9-10H2,(H,17,18). The lowest BCUT2D eigenvalue weighted by molar-refractivity contribution is 0.0688. The van der Waals surface area contributed by atoms with Crippen molar-refractivity contribution in [2.24, 2.45) is 0 Å². The molecule has 3 rings (SSSR count). The minimum absolute atomic E-state index is 0.0748. The summed E-state index contributed by atoms with van der Waals surface area (Å²) in [5.74, 6) is 0.267. The molecule has 1 aliphatic heterocycles. The number of rotatable bonds is 4. The molecular formula is C16H14O4. The Hall–Kier alpha value is -2.49. The van der Waals surface area contributed by atoms with Gasteiger partial charge in [0.25, 0.3) is 0 Å². The summed E-state index contributed by atoms with van der Waals surface area (Å²) in [6.07, 6.45) is 0.708. The first kappa shape index (κ1) is 12.5. The van der Waals surface area contributed by atoms with E-state index in [0.717, 1.165) is 17.7 Å². The van der Waals surface area contributed by atoms with E-state index in [9.17, 15) is 4.79 Å². The van der Waals surface area contributed by atoms with Gasteiger partial charge in [-0.25, -0.2) is 4.79 Å². The van der Waals surface area contributed by atoms with E-state index >= 15 is 0 Å². The molecule has 0 aromatic heterocycles. The van der Waals surface area contributed by atoms with Gasteiger partial charge in [-0.05, 0) is 23.8 Å². The van der Waals surface area contributed by atoms with Crippen molar-refractivity contribution in [1.29, 1.82) is 0 Å². The van der Waals surface area contributed by atoms with Crippen molar-refractivity contribution in [2.45, 2.75) is 12.5 Å². The zero-order chi connectivity index (χ0) is 13.9. The molecule has 1 atom stereocenters. The Kier molecular flexibility index (Phi) is 3.29. The van der Waals surface area contributed by atoms with Gasteiger partial charge in [0.2, 0.25) is 0 Å². The predicted octanol–water partition coefficient (Wildman–Crippen LogP) is 2.77. The summed E-state index contributed by atoms with van der Waals surface area (Å²) in [4.78, 5) is 11.1. The summed E-state index contributed by atoms with van der Waals surface area (Å²) in [5, 5.41) is 9.09. The molecule has 0 radical (unpaired) electrons. The lowest BCUT2D eigenvalue weighted by Gasteiger charge is -2.13. The minimum Gasteiger partial charge on any atom is -0.489 e. The van der Waals surface area contributed by atoms with E-state index in [2.05, 4.69) is 0 Å². The number of ether oxygens (including phenoxy) is 2. The Morgan fingerprint density at radius 3 is 2.75 bits per heavy atom. The molecule has 1 aliphatic rings. The van der Waals surface area contributed by atoms with Crippen molar-refractivity contribution in [2.75, 3.05) is 6.61 Å². The van der Waals surface area contributed by atoms with Crippen LogP contribution in [0.1, 0.15) is 15.9 Å². The molecule has 4 heteroatoms. The zero-order valence-electron chi connectivity index (χ0n) is 10.8. The van der Waals surface area contributed by atoms with Crippen molar-refractivity contribution in [1.82, 2.24) is 0 Å². The fourth-order valence-electron chi connectivity index (χ4n) is 2.30. The molecule has 1 heterocycles. The predicted molar refractivity (Wildman–Crippen MR) is 73.5 cm³/mol. The summed E-state index contributed by atoms with van der Waals surface area (Å²) >= 11 is 0.